The standard InChI is InChI=1S/C25H26FN7OS/c1-30-10-12-31(13-11-30)20-6-4-17(14-19(20)26)21-16-27-23-7-5-18(29-33(21)23)15-22-24(34)28-25(35-22)32-8-2-3-9-32/h4-7,14-16H,2-3,8-13H2,1H3. The fourth-order valence-corrected chi connectivity index (χ4v) is 5.66. The number of hydrogen-bond donors (Lipinski definition) is 0. The van der Waals surface area contributed by atoms with Crippen molar-refractivity contribution in [3.63, 3.8) is 0 Å². The molecular formula is C25H26FN7OS. The summed E-state index contributed by atoms with van der Waals surface area (Å²) in [5.41, 5.74) is 3.31. The first kappa shape index (κ1) is 22.2. The third-order valence-electron chi connectivity index (χ3n) is 6.74. The van der Waals surface area contributed by atoms with E-state index in [0.29, 0.717) is 33.2 Å². The number of carbonyl (C=O) groups is 1. The van der Waals surface area contributed by atoms with Gasteiger partial charge in [-0.25, -0.2) is 13.9 Å². The van der Waals surface area contributed by atoms with Gasteiger partial charge in [-0.15, -0.1) is 0 Å². The SMILES string of the molecule is CN1CCN(c2ccc(-c3cnc4ccc(C=C5SC(N6CCCC6)=NC5=O)nn34)cc2F)CC1. The minimum Gasteiger partial charge on any atom is -0.367 e. The molecule has 0 bridgehead atoms. The molecule has 1 aromatic carbocycles. The lowest BCUT2D eigenvalue weighted by atomic mass is 10.1. The van der Waals surface area contributed by atoms with E-state index in [4.69, 9.17) is 5.10 Å². The summed E-state index contributed by atoms with van der Waals surface area (Å²) in [7, 11) is 2.08. The zero-order valence-electron chi connectivity index (χ0n) is 19.5. The number of imidazole rings is 1. The number of anilines is 1. The molecule has 0 N–H and O–H groups in total. The number of fused-ring (bicyclic) bond motifs is 1. The summed E-state index contributed by atoms with van der Waals surface area (Å²) in [6.07, 6.45) is 5.73. The van der Waals surface area contributed by atoms with Gasteiger partial charge in [-0.1, -0.05) is 6.07 Å². The second-order valence-corrected chi connectivity index (χ2v) is 10.1. The van der Waals surface area contributed by atoms with E-state index in [1.807, 2.05) is 24.3 Å². The molecule has 1 amide bonds. The number of halogens is 1. The third-order valence-corrected chi connectivity index (χ3v) is 7.78. The fourth-order valence-electron chi connectivity index (χ4n) is 4.71. The van der Waals surface area contributed by atoms with Gasteiger partial charge >= 0.3 is 0 Å². The van der Waals surface area contributed by atoms with Crippen molar-refractivity contribution in [3.8, 4) is 11.3 Å². The van der Waals surface area contributed by atoms with Gasteiger partial charge in [-0.05, 0) is 62.0 Å². The summed E-state index contributed by atoms with van der Waals surface area (Å²) >= 11 is 1.40. The van der Waals surface area contributed by atoms with Crippen LogP contribution in [0.25, 0.3) is 23.0 Å². The first-order valence-electron chi connectivity index (χ1n) is 11.9. The van der Waals surface area contributed by atoms with Crippen LogP contribution in [0, 0.1) is 5.82 Å². The van der Waals surface area contributed by atoms with E-state index >= 15 is 4.39 Å². The van der Waals surface area contributed by atoms with Gasteiger partial charge in [0.05, 0.1) is 28.2 Å². The Bertz CT molecular complexity index is 1350. The highest BCUT2D eigenvalue weighted by Crippen LogP contribution is 2.32. The quantitative estimate of drug-likeness (QED) is 0.521. The van der Waals surface area contributed by atoms with Crippen LogP contribution in [0.4, 0.5) is 10.1 Å². The van der Waals surface area contributed by atoms with Crippen molar-refractivity contribution in [2.75, 3.05) is 51.2 Å². The molecule has 5 heterocycles. The molecule has 35 heavy (non-hydrogen) atoms. The average molecular weight is 492 g/mol. The van der Waals surface area contributed by atoms with Crippen LogP contribution in [0.15, 0.2) is 46.4 Å². The van der Waals surface area contributed by atoms with Crippen molar-refractivity contribution in [3.05, 3.63) is 52.9 Å². The lowest BCUT2D eigenvalue weighted by Gasteiger charge is -2.34. The molecule has 3 aliphatic heterocycles. The normalized spacial score (nSPS) is 20.5. The van der Waals surface area contributed by atoms with E-state index in [9.17, 15) is 4.79 Å². The second kappa shape index (κ2) is 9.09. The molecule has 0 spiro atoms. The number of thioether (sulfide) groups is 1. The summed E-state index contributed by atoms with van der Waals surface area (Å²) in [6.45, 7) is 5.34. The van der Waals surface area contributed by atoms with E-state index in [1.54, 1.807) is 22.9 Å². The van der Waals surface area contributed by atoms with E-state index in [-0.39, 0.29) is 11.7 Å². The van der Waals surface area contributed by atoms with E-state index < -0.39 is 0 Å². The van der Waals surface area contributed by atoms with Gasteiger partial charge < -0.3 is 14.7 Å². The molecule has 0 aliphatic carbocycles. The topological polar surface area (TPSA) is 69.3 Å². The second-order valence-electron chi connectivity index (χ2n) is 9.13. The van der Waals surface area contributed by atoms with Gasteiger partial charge in [0.25, 0.3) is 5.91 Å². The Balaban J connectivity index is 1.27. The van der Waals surface area contributed by atoms with Crippen molar-refractivity contribution in [1.29, 1.82) is 0 Å². The highest BCUT2D eigenvalue weighted by molar-refractivity contribution is 8.18. The van der Waals surface area contributed by atoms with Gasteiger partial charge in [-0.2, -0.15) is 10.1 Å². The van der Waals surface area contributed by atoms with Gasteiger partial charge in [0.1, 0.15) is 5.82 Å². The summed E-state index contributed by atoms with van der Waals surface area (Å²) in [6, 6.07) is 8.99. The van der Waals surface area contributed by atoms with Gasteiger partial charge in [0, 0.05) is 44.8 Å². The number of nitrogens with zero attached hydrogens (tertiary/aromatic N) is 7. The number of rotatable bonds is 3. The third kappa shape index (κ3) is 4.32. The number of piperazine rings is 1. The van der Waals surface area contributed by atoms with Crippen molar-refractivity contribution < 1.29 is 9.18 Å². The summed E-state index contributed by atoms with van der Waals surface area (Å²) in [5.74, 6) is -0.481. The highest BCUT2D eigenvalue weighted by Gasteiger charge is 2.28. The highest BCUT2D eigenvalue weighted by atomic mass is 32.2. The lowest BCUT2D eigenvalue weighted by Crippen LogP contribution is -2.44. The molecule has 2 fully saturated rings. The predicted octanol–water partition coefficient (Wildman–Crippen LogP) is 3.35. The number of likely N-dealkylation sites (N-methyl/N-ethyl adjacent to an activating group) is 1. The van der Waals surface area contributed by atoms with Crippen molar-refractivity contribution in [1.82, 2.24) is 24.4 Å². The van der Waals surface area contributed by atoms with Crippen LogP contribution in [-0.2, 0) is 4.79 Å². The van der Waals surface area contributed by atoms with Crippen LogP contribution in [0.2, 0.25) is 0 Å². The Hall–Kier alpha value is -3.24. The molecule has 6 rings (SSSR count). The van der Waals surface area contributed by atoms with Crippen LogP contribution in [0.5, 0.6) is 0 Å². The van der Waals surface area contributed by atoms with Gasteiger partial charge in [0.15, 0.2) is 10.8 Å². The molecule has 8 nitrogen and oxygen atoms in total. The maximum atomic E-state index is 15.1. The van der Waals surface area contributed by atoms with Crippen LogP contribution in [0.1, 0.15) is 18.5 Å². The predicted molar refractivity (Wildman–Crippen MR) is 137 cm³/mol. The average Bonchev–Trinajstić information content (AvgIpc) is 3.60. The lowest BCUT2D eigenvalue weighted by molar-refractivity contribution is -0.113. The minimum absolute atomic E-state index is 0.230. The van der Waals surface area contributed by atoms with Crippen LogP contribution < -0.4 is 4.90 Å². The molecule has 0 radical (unpaired) electrons. The van der Waals surface area contributed by atoms with Crippen molar-refractivity contribution in [2.24, 2.45) is 4.99 Å². The molecular weight excluding hydrogens is 465 g/mol. The van der Waals surface area contributed by atoms with Crippen molar-refractivity contribution in [2.45, 2.75) is 12.8 Å². The fraction of sp³-hybridized carbons (Fsp3) is 0.360. The van der Waals surface area contributed by atoms with Gasteiger partial charge in [-0.3, -0.25) is 4.79 Å². The molecule has 0 saturated carbocycles. The van der Waals surface area contributed by atoms with Crippen LogP contribution >= 0.6 is 11.8 Å². The first-order chi connectivity index (χ1) is 17.0. The smallest absolute Gasteiger partial charge is 0.286 e. The summed E-state index contributed by atoms with van der Waals surface area (Å²) in [5, 5.41) is 5.47. The number of likely N-dealkylation sites (tertiary alicyclic amines) is 1. The Morgan fingerprint density at radius 3 is 2.57 bits per heavy atom. The van der Waals surface area contributed by atoms with Crippen LogP contribution in [0.3, 0.4) is 0 Å². The molecule has 2 aromatic heterocycles. The number of amidine groups is 1. The maximum absolute atomic E-state index is 15.1. The zero-order chi connectivity index (χ0) is 23.9. The van der Waals surface area contributed by atoms with E-state index in [0.717, 1.165) is 57.3 Å². The molecule has 0 atom stereocenters. The molecule has 3 aromatic rings. The molecule has 0 unspecified atom stereocenters. The largest absolute Gasteiger partial charge is 0.367 e. The number of amides is 1. The Morgan fingerprint density at radius 1 is 1.00 bits per heavy atom. The first-order valence-corrected chi connectivity index (χ1v) is 12.7. The number of benzene rings is 1. The van der Waals surface area contributed by atoms with Crippen molar-refractivity contribution >= 4 is 40.2 Å². The van der Waals surface area contributed by atoms with E-state index in [1.165, 1.54) is 11.8 Å². The monoisotopic (exact) mass is 491 g/mol. The maximum Gasteiger partial charge on any atom is 0.286 e. The van der Waals surface area contributed by atoms with E-state index in [2.05, 4.69) is 31.7 Å². The minimum atomic E-state index is -0.250. The zero-order valence-corrected chi connectivity index (χ0v) is 20.3. The Labute approximate surface area is 207 Å². The number of carbonyl (C=O) groups excluding carboxylic acids is 1. The summed E-state index contributed by atoms with van der Waals surface area (Å²) < 4.78 is 16.8. The Morgan fingerprint density at radius 2 is 1.80 bits per heavy atom. The van der Waals surface area contributed by atoms with Crippen LogP contribution in [-0.4, -0.2) is 81.8 Å². The molecule has 10 heteroatoms. The molecule has 2 saturated heterocycles. The Kier molecular flexibility index (Phi) is 5.77. The molecule has 180 valence electrons. The number of hydrogen-bond acceptors (Lipinski definition) is 7. The van der Waals surface area contributed by atoms with Gasteiger partial charge in [0.2, 0.25) is 0 Å². The number of aliphatic imine (C=N–C) groups is 1. The molecule has 3 aliphatic rings. The number of aromatic nitrogens is 3. The summed E-state index contributed by atoms with van der Waals surface area (Å²) in [4.78, 5) is 28.2.